The summed E-state index contributed by atoms with van der Waals surface area (Å²) in [5, 5.41) is 1.00. The molecule has 0 bridgehead atoms. The van der Waals surface area contributed by atoms with Crippen LogP contribution in [0.2, 0.25) is 10.0 Å². The van der Waals surface area contributed by atoms with Crippen LogP contribution in [0.1, 0.15) is 0 Å². The van der Waals surface area contributed by atoms with Gasteiger partial charge in [-0.2, -0.15) is 8.75 Å². The first-order valence-electron chi connectivity index (χ1n) is 2.85. The molecule has 11 heavy (non-hydrogen) atoms. The van der Waals surface area contributed by atoms with Gasteiger partial charge in [-0.15, -0.1) is 0 Å². The van der Waals surface area contributed by atoms with Gasteiger partial charge in [0.1, 0.15) is 11.0 Å². The Labute approximate surface area is 77.1 Å². The van der Waals surface area contributed by atoms with Crippen molar-refractivity contribution in [3.05, 3.63) is 22.2 Å². The highest BCUT2D eigenvalue weighted by atomic mass is 35.5. The maximum absolute atomic E-state index is 5.84. The van der Waals surface area contributed by atoms with Crippen LogP contribution in [0.15, 0.2) is 12.1 Å². The average molecular weight is 205 g/mol. The number of fused-ring (bicyclic) bond motifs is 1. The Morgan fingerprint density at radius 3 is 2.82 bits per heavy atom. The molecule has 1 heterocycles. The first-order valence-corrected chi connectivity index (χ1v) is 4.34. The lowest BCUT2D eigenvalue weighted by Crippen LogP contribution is -1.72. The number of benzene rings is 1. The molecule has 0 aliphatic rings. The minimum atomic E-state index is 0.484. The molecule has 2 nitrogen and oxygen atoms in total. The van der Waals surface area contributed by atoms with Crippen molar-refractivity contribution in [3.63, 3.8) is 0 Å². The fourth-order valence-corrected chi connectivity index (χ4v) is 1.74. The summed E-state index contributed by atoms with van der Waals surface area (Å²) in [6, 6.07) is 3.51. The molecule has 2 aromatic rings. The average Bonchev–Trinajstić information content (AvgIpc) is 2.45. The van der Waals surface area contributed by atoms with Crippen LogP contribution in [0.4, 0.5) is 0 Å². The van der Waals surface area contributed by atoms with Gasteiger partial charge >= 0.3 is 0 Å². The summed E-state index contributed by atoms with van der Waals surface area (Å²) in [6.45, 7) is 0. The lowest BCUT2D eigenvalue weighted by atomic mass is 10.3. The number of halogens is 2. The Balaban J connectivity index is 2.93. The number of nitrogens with zero attached hydrogens (tertiary/aromatic N) is 2. The molecule has 0 unspecified atom stereocenters. The highest BCUT2D eigenvalue weighted by molar-refractivity contribution is 7.00. The van der Waals surface area contributed by atoms with Crippen molar-refractivity contribution in [2.75, 3.05) is 0 Å². The Bertz CT molecular complexity index is 398. The van der Waals surface area contributed by atoms with Crippen molar-refractivity contribution >= 4 is 46.0 Å². The number of hydrogen-bond acceptors (Lipinski definition) is 3. The third kappa shape index (κ3) is 1.09. The second-order valence-electron chi connectivity index (χ2n) is 1.99. The summed E-state index contributed by atoms with van der Waals surface area (Å²) >= 11 is 12.7. The zero-order valence-corrected chi connectivity index (χ0v) is 7.54. The van der Waals surface area contributed by atoms with Crippen LogP contribution in [0, 0.1) is 0 Å². The molecule has 0 radical (unpaired) electrons. The van der Waals surface area contributed by atoms with Gasteiger partial charge in [-0.25, -0.2) is 0 Å². The van der Waals surface area contributed by atoms with E-state index in [9.17, 15) is 0 Å². The van der Waals surface area contributed by atoms with Gasteiger partial charge in [-0.1, -0.05) is 23.2 Å². The summed E-state index contributed by atoms with van der Waals surface area (Å²) in [5.41, 5.74) is 1.48. The van der Waals surface area contributed by atoms with Gasteiger partial charge in [-0.05, 0) is 12.1 Å². The molecule has 0 saturated heterocycles. The Kier molecular flexibility index (Phi) is 1.71. The first-order chi connectivity index (χ1) is 5.29. The molecule has 0 saturated carbocycles. The maximum Gasteiger partial charge on any atom is 0.124 e. The number of hydrogen-bond donors (Lipinski definition) is 0. The van der Waals surface area contributed by atoms with E-state index in [4.69, 9.17) is 23.2 Å². The zero-order valence-electron chi connectivity index (χ0n) is 5.21. The summed E-state index contributed by atoms with van der Waals surface area (Å²) in [4.78, 5) is 0. The minimum Gasteiger partial charge on any atom is -0.173 e. The summed E-state index contributed by atoms with van der Waals surface area (Å²) in [7, 11) is 0. The van der Waals surface area contributed by atoms with E-state index in [2.05, 4.69) is 8.75 Å². The Morgan fingerprint density at radius 1 is 1.18 bits per heavy atom. The molecule has 0 aliphatic heterocycles. The third-order valence-electron chi connectivity index (χ3n) is 1.32. The van der Waals surface area contributed by atoms with E-state index in [1.54, 1.807) is 12.1 Å². The van der Waals surface area contributed by atoms with Crippen LogP contribution in [0.5, 0.6) is 0 Å². The van der Waals surface area contributed by atoms with Crippen molar-refractivity contribution in [2.24, 2.45) is 0 Å². The molecular formula is C6H2Cl2N2S. The Hall–Kier alpha value is -0.380. The van der Waals surface area contributed by atoms with Gasteiger partial charge in [-0.3, -0.25) is 0 Å². The lowest BCUT2D eigenvalue weighted by molar-refractivity contribution is 1.64. The molecule has 0 spiro atoms. The second-order valence-corrected chi connectivity index (χ2v) is 3.31. The highest BCUT2D eigenvalue weighted by Crippen LogP contribution is 2.28. The molecule has 0 aliphatic carbocycles. The van der Waals surface area contributed by atoms with E-state index in [1.807, 2.05) is 0 Å². The fourth-order valence-electron chi connectivity index (χ4n) is 0.795. The van der Waals surface area contributed by atoms with E-state index in [0.29, 0.717) is 15.6 Å². The largest absolute Gasteiger partial charge is 0.173 e. The predicted molar refractivity (Wildman–Crippen MR) is 47.4 cm³/mol. The standard InChI is InChI=1S/C6H2Cl2N2S/c7-3-1-2-4-6(5(3)8)10-11-9-4/h1-2H. The molecule has 0 atom stereocenters. The molecular weight excluding hydrogens is 203 g/mol. The molecule has 5 heteroatoms. The topological polar surface area (TPSA) is 25.8 Å². The first kappa shape index (κ1) is 7.28. The van der Waals surface area contributed by atoms with E-state index in [1.165, 1.54) is 0 Å². The predicted octanol–water partition coefficient (Wildman–Crippen LogP) is 3.00. The molecule has 0 N–H and O–H groups in total. The molecule has 1 aromatic carbocycles. The summed E-state index contributed by atoms with van der Waals surface area (Å²) in [6.07, 6.45) is 0. The van der Waals surface area contributed by atoms with Crippen LogP contribution in [0.25, 0.3) is 11.0 Å². The van der Waals surface area contributed by atoms with Gasteiger partial charge in [0.25, 0.3) is 0 Å². The van der Waals surface area contributed by atoms with Crippen molar-refractivity contribution < 1.29 is 0 Å². The van der Waals surface area contributed by atoms with Crippen LogP contribution in [-0.4, -0.2) is 8.75 Å². The van der Waals surface area contributed by atoms with E-state index < -0.39 is 0 Å². The van der Waals surface area contributed by atoms with Crippen molar-refractivity contribution in [1.29, 1.82) is 0 Å². The fraction of sp³-hybridized carbons (Fsp3) is 0. The quantitative estimate of drug-likeness (QED) is 0.660. The van der Waals surface area contributed by atoms with Crippen LogP contribution < -0.4 is 0 Å². The van der Waals surface area contributed by atoms with Gasteiger partial charge in [0.15, 0.2) is 0 Å². The van der Waals surface area contributed by atoms with E-state index in [0.717, 1.165) is 17.2 Å². The molecule has 1 aromatic heterocycles. The smallest absolute Gasteiger partial charge is 0.124 e. The van der Waals surface area contributed by atoms with Gasteiger partial charge in [0, 0.05) is 0 Å². The summed E-state index contributed by atoms with van der Waals surface area (Å²) in [5.74, 6) is 0. The highest BCUT2D eigenvalue weighted by Gasteiger charge is 2.05. The Morgan fingerprint density at radius 2 is 2.00 bits per heavy atom. The monoisotopic (exact) mass is 204 g/mol. The van der Waals surface area contributed by atoms with Gasteiger partial charge in [0.05, 0.1) is 21.8 Å². The number of aromatic nitrogens is 2. The van der Waals surface area contributed by atoms with Crippen molar-refractivity contribution in [2.45, 2.75) is 0 Å². The van der Waals surface area contributed by atoms with Crippen LogP contribution in [0.3, 0.4) is 0 Å². The van der Waals surface area contributed by atoms with Crippen molar-refractivity contribution in [1.82, 2.24) is 8.75 Å². The SMILES string of the molecule is Clc1ccc2nsnc2c1Cl. The minimum absolute atomic E-state index is 0.484. The zero-order chi connectivity index (χ0) is 7.84. The second kappa shape index (κ2) is 2.59. The lowest BCUT2D eigenvalue weighted by Gasteiger charge is -1.92. The maximum atomic E-state index is 5.84. The molecule has 2 rings (SSSR count). The van der Waals surface area contributed by atoms with Gasteiger partial charge < -0.3 is 0 Å². The van der Waals surface area contributed by atoms with Crippen LogP contribution >= 0.6 is 34.9 Å². The van der Waals surface area contributed by atoms with Gasteiger partial charge in [0.2, 0.25) is 0 Å². The molecule has 56 valence electrons. The van der Waals surface area contributed by atoms with Crippen molar-refractivity contribution in [3.8, 4) is 0 Å². The summed E-state index contributed by atoms with van der Waals surface area (Å²) < 4.78 is 8.00. The third-order valence-corrected chi connectivity index (χ3v) is 2.66. The molecule has 0 fully saturated rings. The van der Waals surface area contributed by atoms with E-state index in [-0.39, 0.29) is 0 Å². The normalized spacial score (nSPS) is 10.7. The van der Waals surface area contributed by atoms with Crippen LogP contribution in [-0.2, 0) is 0 Å². The molecule has 0 amide bonds. The van der Waals surface area contributed by atoms with E-state index >= 15 is 0 Å². The number of rotatable bonds is 0.